The second kappa shape index (κ2) is 3.64. The molecule has 3 rings (SSSR count). The number of nitrogens with zero attached hydrogens (tertiary/aromatic N) is 3. The lowest BCUT2D eigenvalue weighted by molar-refractivity contribution is 0.875. The Balaban J connectivity index is 2.46. The highest BCUT2D eigenvalue weighted by atomic mass is 32.1. The molecule has 0 aliphatic rings. The number of rotatable bonds is 1. The van der Waals surface area contributed by atoms with Gasteiger partial charge in [0.1, 0.15) is 16.2 Å². The maximum Gasteiger partial charge on any atom is 0.277 e. The van der Waals surface area contributed by atoms with E-state index in [9.17, 15) is 9.59 Å². The van der Waals surface area contributed by atoms with Gasteiger partial charge in [0.15, 0.2) is 5.01 Å². The van der Waals surface area contributed by atoms with Gasteiger partial charge < -0.3 is 4.98 Å². The van der Waals surface area contributed by atoms with Crippen LogP contribution in [-0.4, -0.2) is 24.8 Å². The molecule has 0 saturated heterocycles. The molecule has 0 radical (unpaired) electrons. The Hall–Kier alpha value is -2.22. The Kier molecular flexibility index (Phi) is 2.20. The van der Waals surface area contributed by atoms with Gasteiger partial charge in [0.25, 0.3) is 11.1 Å². The van der Waals surface area contributed by atoms with Gasteiger partial charge in [0.05, 0.1) is 0 Å². The molecule has 3 heterocycles. The summed E-state index contributed by atoms with van der Waals surface area (Å²) in [5.41, 5.74) is 0.806. The summed E-state index contributed by atoms with van der Waals surface area (Å²) in [6, 6.07) is 1.41. The first-order chi connectivity index (χ1) is 8.56. The van der Waals surface area contributed by atoms with E-state index in [1.807, 2.05) is 6.92 Å². The maximum absolute atomic E-state index is 11.9. The van der Waals surface area contributed by atoms with E-state index in [1.54, 1.807) is 6.92 Å². The van der Waals surface area contributed by atoms with Crippen molar-refractivity contribution >= 4 is 17.0 Å². The first kappa shape index (κ1) is 10.9. The summed E-state index contributed by atoms with van der Waals surface area (Å²) in [5, 5.41) is 11.6. The molecule has 0 spiro atoms. The molecule has 92 valence electrons. The number of aryl methyl sites for hydroxylation is 2. The van der Waals surface area contributed by atoms with Gasteiger partial charge >= 0.3 is 0 Å². The van der Waals surface area contributed by atoms with Crippen LogP contribution in [0.1, 0.15) is 10.7 Å². The van der Waals surface area contributed by atoms with E-state index in [1.165, 1.54) is 21.9 Å². The minimum atomic E-state index is -0.356. The molecule has 0 aliphatic carbocycles. The van der Waals surface area contributed by atoms with Gasteiger partial charge in [-0.1, -0.05) is 11.3 Å². The summed E-state index contributed by atoms with van der Waals surface area (Å²) < 4.78 is 1.18. The van der Waals surface area contributed by atoms with Crippen molar-refractivity contribution in [3.05, 3.63) is 37.5 Å². The van der Waals surface area contributed by atoms with Crippen molar-refractivity contribution in [3.63, 3.8) is 0 Å². The van der Waals surface area contributed by atoms with Gasteiger partial charge in [-0.3, -0.25) is 14.7 Å². The third-order valence-corrected chi connectivity index (χ3v) is 3.37. The number of hydrogen-bond donors (Lipinski definition) is 2. The number of aromatic amines is 2. The fraction of sp³-hybridized carbons (Fsp3) is 0.200. The van der Waals surface area contributed by atoms with Gasteiger partial charge in [0, 0.05) is 11.8 Å². The average Bonchev–Trinajstić information content (AvgIpc) is 2.82. The van der Waals surface area contributed by atoms with E-state index >= 15 is 0 Å². The zero-order valence-electron chi connectivity index (χ0n) is 9.64. The zero-order valence-corrected chi connectivity index (χ0v) is 10.5. The van der Waals surface area contributed by atoms with E-state index in [4.69, 9.17) is 0 Å². The normalized spacial score (nSPS) is 11.2. The summed E-state index contributed by atoms with van der Waals surface area (Å²) in [7, 11) is 0. The molecule has 2 N–H and O–H groups in total. The Labute approximate surface area is 104 Å². The van der Waals surface area contributed by atoms with Gasteiger partial charge in [-0.2, -0.15) is 4.52 Å². The van der Waals surface area contributed by atoms with Gasteiger partial charge in [0.2, 0.25) is 0 Å². The van der Waals surface area contributed by atoms with Crippen molar-refractivity contribution in [2.24, 2.45) is 0 Å². The third-order valence-electron chi connectivity index (χ3n) is 2.52. The van der Waals surface area contributed by atoms with E-state index in [0.717, 1.165) is 5.01 Å². The van der Waals surface area contributed by atoms with Crippen LogP contribution in [0.2, 0.25) is 0 Å². The molecule has 0 atom stereocenters. The molecule has 0 aromatic carbocycles. The van der Waals surface area contributed by atoms with E-state index in [2.05, 4.69) is 20.3 Å². The van der Waals surface area contributed by atoms with Crippen LogP contribution >= 0.6 is 11.3 Å². The lowest BCUT2D eigenvalue weighted by Gasteiger charge is -1.97. The minimum Gasteiger partial charge on any atom is -0.343 e. The Bertz CT molecular complexity index is 853. The quantitative estimate of drug-likeness (QED) is 0.666. The highest BCUT2D eigenvalue weighted by molar-refractivity contribution is 7.14. The summed E-state index contributed by atoms with van der Waals surface area (Å²) in [5.74, 6) is 0. The molecule has 0 amide bonds. The Morgan fingerprint density at radius 1 is 1.28 bits per heavy atom. The molecule has 3 aromatic rings. The van der Waals surface area contributed by atoms with Crippen molar-refractivity contribution < 1.29 is 0 Å². The van der Waals surface area contributed by atoms with Crippen LogP contribution in [0, 0.1) is 13.8 Å². The fourth-order valence-corrected chi connectivity index (χ4v) is 2.52. The average molecular weight is 263 g/mol. The Morgan fingerprint density at radius 3 is 2.72 bits per heavy atom. The standard InChI is InChI=1S/C10H9N5O2S/c1-4-3-6(16)15-8(11-4)7(9(17)14-15)10-13-12-5(2)18-10/h3,11H,1-2H3,(H,14,17). The lowest BCUT2D eigenvalue weighted by Crippen LogP contribution is -2.15. The monoisotopic (exact) mass is 263 g/mol. The summed E-state index contributed by atoms with van der Waals surface area (Å²) in [4.78, 5) is 26.7. The van der Waals surface area contributed by atoms with Crippen molar-refractivity contribution in [1.82, 2.24) is 24.8 Å². The second-order valence-electron chi connectivity index (χ2n) is 3.92. The number of nitrogens with one attached hydrogen (secondary N) is 2. The van der Waals surface area contributed by atoms with Crippen LogP contribution in [0.5, 0.6) is 0 Å². The number of fused-ring (bicyclic) bond motifs is 1. The van der Waals surface area contributed by atoms with Crippen LogP contribution in [0.25, 0.3) is 16.2 Å². The molecule has 7 nitrogen and oxygen atoms in total. The molecular formula is C10H9N5O2S. The van der Waals surface area contributed by atoms with E-state index in [-0.39, 0.29) is 11.1 Å². The van der Waals surface area contributed by atoms with Crippen LogP contribution in [0.15, 0.2) is 15.7 Å². The Morgan fingerprint density at radius 2 is 2.06 bits per heavy atom. The SMILES string of the molecule is Cc1cc(=O)n2[nH]c(=O)c(-c3nnc(C)s3)c2[nH]1. The predicted molar refractivity (Wildman–Crippen MR) is 67.0 cm³/mol. The van der Waals surface area contributed by atoms with Crippen molar-refractivity contribution in [2.75, 3.05) is 0 Å². The fourth-order valence-electron chi connectivity index (χ4n) is 1.78. The largest absolute Gasteiger partial charge is 0.343 e. The number of hydrogen-bond acceptors (Lipinski definition) is 5. The van der Waals surface area contributed by atoms with E-state index in [0.29, 0.717) is 21.9 Å². The molecule has 0 aliphatic heterocycles. The molecule has 8 heteroatoms. The van der Waals surface area contributed by atoms with E-state index < -0.39 is 0 Å². The van der Waals surface area contributed by atoms with Crippen LogP contribution < -0.4 is 11.1 Å². The number of aromatic nitrogens is 5. The first-order valence-corrected chi connectivity index (χ1v) is 6.03. The second-order valence-corrected chi connectivity index (χ2v) is 5.10. The third kappa shape index (κ3) is 1.50. The molecule has 0 unspecified atom stereocenters. The van der Waals surface area contributed by atoms with Crippen LogP contribution in [0.3, 0.4) is 0 Å². The molecule has 18 heavy (non-hydrogen) atoms. The maximum atomic E-state index is 11.9. The zero-order chi connectivity index (χ0) is 12.9. The highest BCUT2D eigenvalue weighted by Gasteiger charge is 2.17. The van der Waals surface area contributed by atoms with Crippen LogP contribution in [-0.2, 0) is 0 Å². The van der Waals surface area contributed by atoms with Crippen molar-refractivity contribution in [3.8, 4) is 10.6 Å². The molecule has 3 aromatic heterocycles. The predicted octanol–water partition coefficient (Wildman–Crippen LogP) is 0.451. The topological polar surface area (TPSA) is 95.9 Å². The molecule has 0 fully saturated rings. The van der Waals surface area contributed by atoms with Crippen molar-refractivity contribution in [2.45, 2.75) is 13.8 Å². The lowest BCUT2D eigenvalue weighted by atomic mass is 10.3. The molecular weight excluding hydrogens is 254 g/mol. The van der Waals surface area contributed by atoms with Crippen LogP contribution in [0.4, 0.5) is 0 Å². The minimum absolute atomic E-state index is 0.286. The summed E-state index contributed by atoms with van der Waals surface area (Å²) >= 11 is 1.31. The molecule has 0 bridgehead atoms. The highest BCUT2D eigenvalue weighted by Crippen LogP contribution is 2.22. The smallest absolute Gasteiger partial charge is 0.277 e. The number of H-pyrrole nitrogens is 2. The van der Waals surface area contributed by atoms with Gasteiger partial charge in [-0.25, -0.2) is 0 Å². The first-order valence-electron chi connectivity index (χ1n) is 5.21. The summed E-state index contributed by atoms with van der Waals surface area (Å²) in [6.45, 7) is 3.57. The molecule has 0 saturated carbocycles. The summed E-state index contributed by atoms with van der Waals surface area (Å²) in [6.07, 6.45) is 0. The van der Waals surface area contributed by atoms with Gasteiger partial charge in [-0.15, -0.1) is 10.2 Å². The van der Waals surface area contributed by atoms with Crippen molar-refractivity contribution in [1.29, 1.82) is 0 Å². The van der Waals surface area contributed by atoms with Gasteiger partial charge in [-0.05, 0) is 13.8 Å².